The number of likely N-dealkylation sites (tertiary alicyclic amines) is 1. The van der Waals surface area contributed by atoms with E-state index in [1.807, 2.05) is 12.1 Å². The maximum Gasteiger partial charge on any atom is 0.231 e. The summed E-state index contributed by atoms with van der Waals surface area (Å²) in [5.74, 6) is 1.73. The lowest BCUT2D eigenvalue weighted by Crippen LogP contribution is -2.35. The van der Waals surface area contributed by atoms with Crippen LogP contribution in [0.5, 0.6) is 11.5 Å². The minimum Gasteiger partial charge on any atom is -0.454 e. The minimum absolute atomic E-state index is 0.118. The van der Waals surface area contributed by atoms with Crippen LogP contribution in [0.1, 0.15) is 18.4 Å². The van der Waals surface area contributed by atoms with Crippen molar-refractivity contribution in [1.82, 2.24) is 4.90 Å². The van der Waals surface area contributed by atoms with Crippen molar-refractivity contribution in [2.75, 3.05) is 19.9 Å². The van der Waals surface area contributed by atoms with E-state index >= 15 is 0 Å². The summed E-state index contributed by atoms with van der Waals surface area (Å²) in [6.07, 6.45) is 1.62. The number of aliphatic hydroxyl groups excluding tert-OH is 1. The van der Waals surface area contributed by atoms with Crippen molar-refractivity contribution in [3.05, 3.63) is 23.8 Å². The van der Waals surface area contributed by atoms with Crippen LogP contribution >= 0.6 is 0 Å². The highest BCUT2D eigenvalue weighted by Gasteiger charge is 2.21. The van der Waals surface area contributed by atoms with Crippen molar-refractivity contribution < 1.29 is 14.6 Å². The molecule has 1 fully saturated rings. The van der Waals surface area contributed by atoms with E-state index in [0.29, 0.717) is 6.79 Å². The van der Waals surface area contributed by atoms with E-state index in [1.165, 1.54) is 5.56 Å². The maximum absolute atomic E-state index is 9.48. The lowest BCUT2D eigenvalue weighted by atomic mass is 10.1. The molecule has 4 nitrogen and oxygen atoms in total. The molecule has 0 saturated carbocycles. The second-order valence-corrected chi connectivity index (χ2v) is 4.66. The van der Waals surface area contributed by atoms with E-state index < -0.39 is 0 Å². The molecule has 0 atom stereocenters. The monoisotopic (exact) mass is 235 g/mol. The molecule has 0 spiro atoms. The second-order valence-electron chi connectivity index (χ2n) is 4.66. The molecule has 0 unspecified atom stereocenters. The van der Waals surface area contributed by atoms with Gasteiger partial charge in [0, 0.05) is 25.2 Å². The molecule has 1 aromatic rings. The highest BCUT2D eigenvalue weighted by Crippen LogP contribution is 2.36. The molecule has 2 aliphatic rings. The summed E-state index contributed by atoms with van der Waals surface area (Å²) in [6.45, 7) is 3.10. The van der Waals surface area contributed by atoms with Crippen molar-refractivity contribution in [1.29, 1.82) is 0 Å². The zero-order valence-corrected chi connectivity index (χ0v) is 9.76. The Morgan fingerprint density at radius 2 is 2.06 bits per heavy atom. The molecule has 92 valence electrons. The predicted octanol–water partition coefficient (Wildman–Crippen LogP) is 1.37. The van der Waals surface area contributed by atoms with E-state index in [4.69, 9.17) is 9.47 Å². The van der Waals surface area contributed by atoms with Crippen molar-refractivity contribution in [2.45, 2.75) is 25.5 Å². The standard InChI is InChI=1S/C13H17NO3/c15-11-4-6-14(7-5-11)8-10-2-1-3-12-13(10)17-9-16-12/h1-3,11,15H,4-9H2. The van der Waals surface area contributed by atoms with Crippen LogP contribution in [0.25, 0.3) is 0 Å². The number of hydrogen-bond donors (Lipinski definition) is 1. The topological polar surface area (TPSA) is 41.9 Å². The molecule has 17 heavy (non-hydrogen) atoms. The number of fused-ring (bicyclic) bond motifs is 1. The summed E-state index contributed by atoms with van der Waals surface area (Å²) >= 11 is 0. The number of piperidine rings is 1. The van der Waals surface area contributed by atoms with Gasteiger partial charge in [0.15, 0.2) is 11.5 Å². The third-order valence-corrected chi connectivity index (χ3v) is 3.43. The quantitative estimate of drug-likeness (QED) is 0.840. The Morgan fingerprint density at radius 3 is 2.88 bits per heavy atom. The number of benzene rings is 1. The normalized spacial score (nSPS) is 20.8. The van der Waals surface area contributed by atoms with Gasteiger partial charge in [0.25, 0.3) is 0 Å². The van der Waals surface area contributed by atoms with Gasteiger partial charge in [-0.05, 0) is 18.9 Å². The summed E-state index contributed by atoms with van der Waals surface area (Å²) < 4.78 is 10.9. The molecule has 0 amide bonds. The molecule has 2 heterocycles. The first-order valence-electron chi connectivity index (χ1n) is 6.11. The van der Waals surface area contributed by atoms with E-state index in [1.54, 1.807) is 0 Å². The summed E-state index contributed by atoms with van der Waals surface area (Å²) in [6, 6.07) is 6.02. The zero-order valence-electron chi connectivity index (χ0n) is 9.76. The number of hydrogen-bond acceptors (Lipinski definition) is 4. The van der Waals surface area contributed by atoms with E-state index in [0.717, 1.165) is 44.0 Å². The molecule has 0 radical (unpaired) electrons. The van der Waals surface area contributed by atoms with Crippen LogP contribution in [0, 0.1) is 0 Å². The first kappa shape index (κ1) is 10.9. The van der Waals surface area contributed by atoms with E-state index in [2.05, 4.69) is 11.0 Å². The van der Waals surface area contributed by atoms with Crippen LogP contribution in [-0.2, 0) is 6.54 Å². The first-order valence-corrected chi connectivity index (χ1v) is 6.11. The van der Waals surface area contributed by atoms with Crippen molar-refractivity contribution >= 4 is 0 Å². The lowest BCUT2D eigenvalue weighted by Gasteiger charge is -2.29. The van der Waals surface area contributed by atoms with Gasteiger partial charge in [-0.15, -0.1) is 0 Å². The molecule has 3 rings (SSSR count). The summed E-state index contributed by atoms with van der Waals surface area (Å²) in [7, 11) is 0. The maximum atomic E-state index is 9.48. The van der Waals surface area contributed by atoms with Gasteiger partial charge >= 0.3 is 0 Å². The van der Waals surface area contributed by atoms with Crippen LogP contribution in [0.2, 0.25) is 0 Å². The highest BCUT2D eigenvalue weighted by molar-refractivity contribution is 5.48. The smallest absolute Gasteiger partial charge is 0.231 e. The molecule has 1 saturated heterocycles. The van der Waals surface area contributed by atoms with E-state index in [9.17, 15) is 5.11 Å². The van der Waals surface area contributed by atoms with Gasteiger partial charge in [-0.2, -0.15) is 0 Å². The van der Waals surface area contributed by atoms with Crippen molar-refractivity contribution in [3.63, 3.8) is 0 Å². The number of para-hydroxylation sites is 1. The molecule has 0 aromatic heterocycles. The summed E-state index contributed by atoms with van der Waals surface area (Å²) in [4.78, 5) is 2.35. The summed E-state index contributed by atoms with van der Waals surface area (Å²) in [5.41, 5.74) is 1.18. The Hall–Kier alpha value is -1.26. The zero-order chi connectivity index (χ0) is 11.7. The number of nitrogens with zero attached hydrogens (tertiary/aromatic N) is 1. The predicted molar refractivity (Wildman–Crippen MR) is 63.1 cm³/mol. The Morgan fingerprint density at radius 1 is 1.24 bits per heavy atom. The molecule has 0 bridgehead atoms. The summed E-state index contributed by atoms with van der Waals surface area (Å²) in [5, 5.41) is 9.48. The lowest BCUT2D eigenvalue weighted by molar-refractivity contribution is 0.0787. The average Bonchev–Trinajstić information content (AvgIpc) is 2.81. The van der Waals surface area contributed by atoms with Crippen LogP contribution in [-0.4, -0.2) is 36.0 Å². The molecule has 1 aromatic carbocycles. The van der Waals surface area contributed by atoms with Crippen molar-refractivity contribution in [2.24, 2.45) is 0 Å². The third-order valence-electron chi connectivity index (χ3n) is 3.43. The van der Waals surface area contributed by atoms with Crippen LogP contribution < -0.4 is 9.47 Å². The van der Waals surface area contributed by atoms with E-state index in [-0.39, 0.29) is 6.10 Å². The number of aliphatic hydroxyl groups is 1. The van der Waals surface area contributed by atoms with Gasteiger partial charge in [0.2, 0.25) is 6.79 Å². The number of ether oxygens (including phenoxy) is 2. The Bertz CT molecular complexity index is 400. The molecule has 1 N–H and O–H groups in total. The molecular weight excluding hydrogens is 218 g/mol. The van der Waals surface area contributed by atoms with Gasteiger partial charge in [-0.3, -0.25) is 4.90 Å². The van der Waals surface area contributed by atoms with Crippen LogP contribution in [0.3, 0.4) is 0 Å². The average molecular weight is 235 g/mol. The first-order chi connectivity index (χ1) is 8.33. The fraction of sp³-hybridized carbons (Fsp3) is 0.538. The minimum atomic E-state index is -0.118. The van der Waals surface area contributed by atoms with Gasteiger partial charge in [-0.25, -0.2) is 0 Å². The van der Waals surface area contributed by atoms with Gasteiger partial charge < -0.3 is 14.6 Å². The van der Waals surface area contributed by atoms with Crippen LogP contribution in [0.4, 0.5) is 0 Å². The molecule has 2 aliphatic heterocycles. The largest absolute Gasteiger partial charge is 0.454 e. The van der Waals surface area contributed by atoms with Gasteiger partial charge in [0.1, 0.15) is 0 Å². The fourth-order valence-electron chi connectivity index (χ4n) is 2.43. The van der Waals surface area contributed by atoms with Gasteiger partial charge in [0.05, 0.1) is 6.10 Å². The molecule has 0 aliphatic carbocycles. The van der Waals surface area contributed by atoms with Crippen LogP contribution in [0.15, 0.2) is 18.2 Å². The van der Waals surface area contributed by atoms with Gasteiger partial charge in [-0.1, -0.05) is 12.1 Å². The molecule has 4 heteroatoms. The SMILES string of the molecule is OC1CCN(Cc2cccc3c2OCO3)CC1. The highest BCUT2D eigenvalue weighted by atomic mass is 16.7. The number of rotatable bonds is 2. The Balaban J connectivity index is 1.71. The third kappa shape index (κ3) is 2.23. The second kappa shape index (κ2) is 4.55. The Labute approximate surface area is 101 Å². The molecular formula is C13H17NO3. The van der Waals surface area contributed by atoms with Crippen molar-refractivity contribution in [3.8, 4) is 11.5 Å². The Kier molecular flexibility index (Phi) is 2.91. The fourth-order valence-corrected chi connectivity index (χ4v) is 2.43.